The summed E-state index contributed by atoms with van der Waals surface area (Å²) in [7, 11) is 0. The van der Waals surface area contributed by atoms with Gasteiger partial charge in [0, 0.05) is 22.8 Å². The van der Waals surface area contributed by atoms with Crippen LogP contribution in [-0.2, 0) is 0 Å². The van der Waals surface area contributed by atoms with Gasteiger partial charge in [0.2, 0.25) is 0 Å². The zero-order chi connectivity index (χ0) is 15.0. The van der Waals surface area contributed by atoms with Gasteiger partial charge in [-0.15, -0.1) is 0 Å². The average molecular weight is 321 g/mol. The first kappa shape index (κ1) is 13.8. The number of H-pyrrole nitrogens is 1. The van der Waals surface area contributed by atoms with E-state index in [4.69, 9.17) is 23.2 Å². The van der Waals surface area contributed by atoms with Crippen molar-refractivity contribution < 1.29 is 9.90 Å². The number of phenols is 1. The van der Waals surface area contributed by atoms with Gasteiger partial charge in [0.25, 0.3) is 5.91 Å². The van der Waals surface area contributed by atoms with Gasteiger partial charge in [-0.05, 0) is 18.2 Å². The summed E-state index contributed by atoms with van der Waals surface area (Å²) in [6.07, 6.45) is 1.64. The summed E-state index contributed by atoms with van der Waals surface area (Å²) in [6, 6.07) is 10.4. The van der Waals surface area contributed by atoms with E-state index in [2.05, 4.69) is 10.3 Å². The van der Waals surface area contributed by atoms with Crippen LogP contribution in [0.1, 0.15) is 10.4 Å². The molecule has 21 heavy (non-hydrogen) atoms. The number of para-hydroxylation sites is 1. The molecule has 0 aliphatic heterocycles. The molecule has 0 saturated carbocycles. The van der Waals surface area contributed by atoms with Crippen LogP contribution in [0, 0.1) is 0 Å². The summed E-state index contributed by atoms with van der Waals surface area (Å²) in [6.45, 7) is 0. The van der Waals surface area contributed by atoms with Crippen molar-refractivity contribution in [3.05, 3.63) is 58.2 Å². The van der Waals surface area contributed by atoms with E-state index >= 15 is 0 Å². The summed E-state index contributed by atoms with van der Waals surface area (Å²) in [5.41, 5.74) is 1.81. The molecule has 3 N–H and O–H groups in total. The van der Waals surface area contributed by atoms with Crippen molar-refractivity contribution in [3.8, 4) is 5.75 Å². The van der Waals surface area contributed by atoms with Crippen LogP contribution in [0.5, 0.6) is 5.75 Å². The number of carbonyl (C=O) groups excluding carboxylic acids is 1. The quantitative estimate of drug-likeness (QED) is 0.611. The molecule has 4 nitrogen and oxygen atoms in total. The van der Waals surface area contributed by atoms with E-state index in [9.17, 15) is 9.90 Å². The molecule has 2 aromatic carbocycles. The first-order valence-electron chi connectivity index (χ1n) is 6.12. The van der Waals surface area contributed by atoms with Gasteiger partial charge < -0.3 is 15.4 Å². The Hall–Kier alpha value is -2.17. The number of phenolic OH excluding ortho intramolecular Hbond substituents is 1. The second kappa shape index (κ2) is 5.31. The predicted octanol–water partition coefficient (Wildman–Crippen LogP) is 4.43. The summed E-state index contributed by atoms with van der Waals surface area (Å²) in [5, 5.41) is 13.2. The molecule has 0 aliphatic carbocycles. The molecule has 1 aromatic heterocycles. The number of aromatic amines is 1. The maximum atomic E-state index is 12.3. The van der Waals surface area contributed by atoms with E-state index < -0.39 is 0 Å². The highest BCUT2D eigenvalue weighted by atomic mass is 35.5. The minimum absolute atomic E-state index is 0.0803. The fourth-order valence-electron chi connectivity index (χ4n) is 2.10. The Labute approximate surface area is 130 Å². The fourth-order valence-corrected chi connectivity index (χ4v) is 2.58. The van der Waals surface area contributed by atoms with E-state index in [0.717, 1.165) is 10.9 Å². The molecule has 3 aromatic rings. The minimum atomic E-state index is -0.287. The molecule has 1 amide bonds. The van der Waals surface area contributed by atoms with Crippen molar-refractivity contribution in [2.24, 2.45) is 0 Å². The number of fused-ring (bicyclic) bond motifs is 1. The summed E-state index contributed by atoms with van der Waals surface area (Å²) in [5.74, 6) is -0.492. The third kappa shape index (κ3) is 2.55. The number of halogens is 2. The summed E-state index contributed by atoms with van der Waals surface area (Å²) in [4.78, 5) is 15.4. The maximum Gasteiger partial charge on any atom is 0.257 e. The Morgan fingerprint density at radius 3 is 2.52 bits per heavy atom. The molecular formula is C15H10Cl2N2O2. The summed E-state index contributed by atoms with van der Waals surface area (Å²) >= 11 is 11.7. The number of aromatic hydroxyl groups is 1. The standard InChI is InChI=1S/C15H10Cl2N2O2/c16-11-5-8(6-12(17)14(11)20)19-15(21)10-7-18-13-4-2-1-3-9(10)13/h1-7,18,20H,(H,19,21). The SMILES string of the molecule is O=C(Nc1cc(Cl)c(O)c(Cl)c1)c1c[nH]c2ccccc12. The van der Waals surface area contributed by atoms with Gasteiger partial charge in [0.05, 0.1) is 15.6 Å². The topological polar surface area (TPSA) is 65.1 Å². The molecule has 3 rings (SSSR count). The zero-order valence-corrected chi connectivity index (χ0v) is 12.2. The highest BCUT2D eigenvalue weighted by Crippen LogP contribution is 2.34. The molecule has 0 saturated heterocycles. The van der Waals surface area contributed by atoms with Crippen LogP contribution in [0.25, 0.3) is 10.9 Å². The van der Waals surface area contributed by atoms with Crippen LogP contribution in [0.2, 0.25) is 10.0 Å². The molecule has 106 valence electrons. The van der Waals surface area contributed by atoms with Crippen LogP contribution < -0.4 is 5.32 Å². The molecule has 1 heterocycles. The van der Waals surface area contributed by atoms with Gasteiger partial charge in [-0.25, -0.2) is 0 Å². The van der Waals surface area contributed by atoms with E-state index in [-0.39, 0.29) is 21.7 Å². The lowest BCUT2D eigenvalue weighted by molar-refractivity contribution is 0.102. The Kier molecular flexibility index (Phi) is 3.49. The van der Waals surface area contributed by atoms with E-state index in [1.165, 1.54) is 12.1 Å². The smallest absolute Gasteiger partial charge is 0.257 e. The maximum absolute atomic E-state index is 12.3. The van der Waals surface area contributed by atoms with Crippen LogP contribution in [-0.4, -0.2) is 16.0 Å². The van der Waals surface area contributed by atoms with Crippen LogP contribution >= 0.6 is 23.2 Å². The van der Waals surface area contributed by atoms with Gasteiger partial charge in [0.1, 0.15) is 0 Å². The first-order chi connectivity index (χ1) is 10.1. The summed E-state index contributed by atoms with van der Waals surface area (Å²) < 4.78 is 0. The largest absolute Gasteiger partial charge is 0.505 e. The number of aromatic nitrogens is 1. The number of benzene rings is 2. The number of rotatable bonds is 2. The Morgan fingerprint density at radius 2 is 1.81 bits per heavy atom. The lowest BCUT2D eigenvalue weighted by Gasteiger charge is -2.07. The Morgan fingerprint density at radius 1 is 1.14 bits per heavy atom. The van der Waals surface area contributed by atoms with Gasteiger partial charge in [-0.2, -0.15) is 0 Å². The number of hydrogen-bond acceptors (Lipinski definition) is 2. The van der Waals surface area contributed by atoms with Gasteiger partial charge in [0.15, 0.2) is 5.75 Å². The number of carbonyl (C=O) groups is 1. The number of nitrogens with one attached hydrogen (secondary N) is 2. The van der Waals surface area contributed by atoms with Crippen molar-refractivity contribution in [2.75, 3.05) is 5.32 Å². The van der Waals surface area contributed by atoms with Gasteiger partial charge >= 0.3 is 0 Å². The third-order valence-electron chi connectivity index (χ3n) is 3.11. The minimum Gasteiger partial charge on any atom is -0.505 e. The van der Waals surface area contributed by atoms with Crippen molar-refractivity contribution in [2.45, 2.75) is 0 Å². The van der Waals surface area contributed by atoms with E-state index in [1.54, 1.807) is 6.20 Å². The molecule has 0 radical (unpaired) electrons. The number of amides is 1. The van der Waals surface area contributed by atoms with Crippen molar-refractivity contribution in [1.29, 1.82) is 0 Å². The molecule has 0 aliphatic rings. The van der Waals surface area contributed by atoms with Gasteiger partial charge in [-0.1, -0.05) is 41.4 Å². The Bertz CT molecular complexity index is 820. The fraction of sp³-hybridized carbons (Fsp3) is 0. The normalized spacial score (nSPS) is 10.8. The van der Waals surface area contributed by atoms with E-state index in [1.807, 2.05) is 24.3 Å². The lowest BCUT2D eigenvalue weighted by atomic mass is 10.1. The molecule has 0 fully saturated rings. The lowest BCUT2D eigenvalue weighted by Crippen LogP contribution is -2.11. The second-order valence-electron chi connectivity index (χ2n) is 4.49. The average Bonchev–Trinajstić information content (AvgIpc) is 2.88. The van der Waals surface area contributed by atoms with Crippen molar-refractivity contribution >= 4 is 45.7 Å². The molecular weight excluding hydrogens is 311 g/mol. The number of hydrogen-bond donors (Lipinski definition) is 3. The highest BCUT2D eigenvalue weighted by Gasteiger charge is 2.13. The monoisotopic (exact) mass is 320 g/mol. The second-order valence-corrected chi connectivity index (χ2v) is 5.30. The molecule has 6 heteroatoms. The van der Waals surface area contributed by atoms with Crippen molar-refractivity contribution in [3.63, 3.8) is 0 Å². The van der Waals surface area contributed by atoms with Crippen LogP contribution in [0.15, 0.2) is 42.6 Å². The number of anilines is 1. The first-order valence-corrected chi connectivity index (χ1v) is 6.87. The van der Waals surface area contributed by atoms with Gasteiger partial charge in [-0.3, -0.25) is 4.79 Å². The van der Waals surface area contributed by atoms with E-state index in [0.29, 0.717) is 11.3 Å². The molecule has 0 spiro atoms. The third-order valence-corrected chi connectivity index (χ3v) is 3.68. The highest BCUT2D eigenvalue weighted by molar-refractivity contribution is 6.37. The zero-order valence-electron chi connectivity index (χ0n) is 10.7. The molecule has 0 unspecified atom stereocenters. The van der Waals surface area contributed by atoms with Crippen molar-refractivity contribution in [1.82, 2.24) is 4.98 Å². The molecule has 0 bridgehead atoms. The Balaban J connectivity index is 1.93. The van der Waals surface area contributed by atoms with Crippen LogP contribution in [0.3, 0.4) is 0 Å². The van der Waals surface area contributed by atoms with Crippen LogP contribution in [0.4, 0.5) is 5.69 Å². The predicted molar refractivity (Wildman–Crippen MR) is 84.4 cm³/mol. The molecule has 0 atom stereocenters.